The minimum absolute atomic E-state index is 0.174. The molecule has 6 nitrogen and oxygen atoms in total. The SMILES string of the molecule is C=CCN(CC(=O)O)C(=O)NC(C)c1ccccn1. The fourth-order valence-electron chi connectivity index (χ4n) is 1.52. The van der Waals surface area contributed by atoms with Crippen molar-refractivity contribution < 1.29 is 14.7 Å². The second kappa shape index (κ2) is 7.15. The molecule has 0 bridgehead atoms. The number of hydrogen-bond acceptors (Lipinski definition) is 3. The van der Waals surface area contributed by atoms with Crippen molar-refractivity contribution in [3.63, 3.8) is 0 Å². The first-order chi connectivity index (χ1) is 9.04. The van der Waals surface area contributed by atoms with Crippen LogP contribution in [0, 0.1) is 0 Å². The van der Waals surface area contributed by atoms with E-state index in [9.17, 15) is 9.59 Å². The van der Waals surface area contributed by atoms with Crippen molar-refractivity contribution in [1.82, 2.24) is 15.2 Å². The van der Waals surface area contributed by atoms with Crippen molar-refractivity contribution in [2.24, 2.45) is 0 Å². The largest absolute Gasteiger partial charge is 0.480 e. The predicted molar refractivity (Wildman–Crippen MR) is 70.6 cm³/mol. The lowest BCUT2D eigenvalue weighted by molar-refractivity contribution is -0.137. The summed E-state index contributed by atoms with van der Waals surface area (Å²) in [5.41, 5.74) is 0.713. The molecule has 1 aromatic rings. The third-order valence-electron chi connectivity index (χ3n) is 2.43. The maximum Gasteiger partial charge on any atom is 0.323 e. The minimum Gasteiger partial charge on any atom is -0.480 e. The topological polar surface area (TPSA) is 82.5 Å². The van der Waals surface area contributed by atoms with Crippen molar-refractivity contribution in [3.05, 3.63) is 42.7 Å². The van der Waals surface area contributed by atoms with Gasteiger partial charge in [-0.1, -0.05) is 12.1 Å². The highest BCUT2D eigenvalue weighted by molar-refractivity contribution is 5.80. The number of carbonyl (C=O) groups is 2. The standard InChI is InChI=1S/C13H17N3O3/c1-3-8-16(9-12(17)18)13(19)15-10(2)11-6-4-5-7-14-11/h3-7,10H,1,8-9H2,2H3,(H,15,19)(H,17,18). The van der Waals surface area contributed by atoms with E-state index in [1.165, 1.54) is 6.08 Å². The van der Waals surface area contributed by atoms with E-state index in [0.717, 1.165) is 4.90 Å². The van der Waals surface area contributed by atoms with E-state index in [1.54, 1.807) is 25.3 Å². The summed E-state index contributed by atoms with van der Waals surface area (Å²) in [6, 6.07) is 4.64. The number of nitrogens with zero attached hydrogens (tertiary/aromatic N) is 2. The normalized spacial score (nSPS) is 11.4. The lowest BCUT2D eigenvalue weighted by Gasteiger charge is -2.22. The number of hydrogen-bond donors (Lipinski definition) is 2. The number of rotatable bonds is 6. The van der Waals surface area contributed by atoms with Crippen LogP contribution in [0.25, 0.3) is 0 Å². The predicted octanol–water partition coefficient (Wildman–Crippen LogP) is 1.42. The average molecular weight is 263 g/mol. The lowest BCUT2D eigenvalue weighted by Crippen LogP contribution is -2.43. The molecule has 0 aliphatic rings. The molecule has 6 heteroatoms. The third-order valence-corrected chi connectivity index (χ3v) is 2.43. The summed E-state index contributed by atoms with van der Waals surface area (Å²) < 4.78 is 0. The molecule has 19 heavy (non-hydrogen) atoms. The van der Waals surface area contributed by atoms with Gasteiger partial charge in [-0.25, -0.2) is 4.79 Å². The van der Waals surface area contributed by atoms with E-state index < -0.39 is 12.0 Å². The third kappa shape index (κ3) is 4.79. The molecule has 1 atom stereocenters. The molecule has 1 rings (SSSR count). The van der Waals surface area contributed by atoms with Gasteiger partial charge in [0.25, 0.3) is 0 Å². The molecule has 102 valence electrons. The Kier molecular flexibility index (Phi) is 5.53. The van der Waals surface area contributed by atoms with Gasteiger partial charge in [0.05, 0.1) is 11.7 Å². The number of urea groups is 1. The van der Waals surface area contributed by atoms with Crippen LogP contribution in [0.4, 0.5) is 4.79 Å². The van der Waals surface area contributed by atoms with Gasteiger partial charge in [0.2, 0.25) is 0 Å². The second-order valence-corrected chi connectivity index (χ2v) is 3.99. The minimum atomic E-state index is -1.07. The number of aliphatic carboxylic acids is 1. The van der Waals surface area contributed by atoms with Gasteiger partial charge in [0.15, 0.2) is 0 Å². The van der Waals surface area contributed by atoms with E-state index in [2.05, 4.69) is 16.9 Å². The first-order valence-corrected chi connectivity index (χ1v) is 5.83. The van der Waals surface area contributed by atoms with Gasteiger partial charge in [-0.2, -0.15) is 0 Å². The summed E-state index contributed by atoms with van der Waals surface area (Å²) in [6.07, 6.45) is 3.12. The molecule has 1 unspecified atom stereocenters. The molecule has 0 saturated carbocycles. The van der Waals surface area contributed by atoms with Crippen LogP contribution in [0.15, 0.2) is 37.1 Å². The Morgan fingerprint density at radius 2 is 2.32 bits per heavy atom. The molecular formula is C13H17N3O3. The van der Waals surface area contributed by atoms with Crippen LogP contribution < -0.4 is 5.32 Å². The van der Waals surface area contributed by atoms with E-state index in [-0.39, 0.29) is 19.1 Å². The molecule has 0 spiro atoms. The summed E-state index contributed by atoms with van der Waals surface area (Å²) >= 11 is 0. The average Bonchev–Trinajstić information content (AvgIpc) is 2.38. The molecule has 0 aromatic carbocycles. The van der Waals surface area contributed by atoms with Crippen molar-refractivity contribution in [2.75, 3.05) is 13.1 Å². The molecule has 0 aliphatic carbocycles. The highest BCUT2D eigenvalue weighted by Gasteiger charge is 2.18. The van der Waals surface area contributed by atoms with E-state index in [0.29, 0.717) is 5.69 Å². The molecule has 2 amide bonds. The van der Waals surface area contributed by atoms with Gasteiger partial charge < -0.3 is 15.3 Å². The summed E-state index contributed by atoms with van der Waals surface area (Å²) in [5.74, 6) is -1.07. The first-order valence-electron chi connectivity index (χ1n) is 5.83. The molecule has 0 aliphatic heterocycles. The van der Waals surface area contributed by atoms with Crippen LogP contribution in [-0.2, 0) is 4.79 Å². The number of pyridine rings is 1. The Hall–Kier alpha value is -2.37. The number of nitrogens with one attached hydrogen (secondary N) is 1. The number of carboxylic acid groups (broad SMARTS) is 1. The number of amides is 2. The fourth-order valence-corrected chi connectivity index (χ4v) is 1.52. The maximum atomic E-state index is 11.9. The monoisotopic (exact) mass is 263 g/mol. The van der Waals surface area contributed by atoms with Gasteiger partial charge in [0, 0.05) is 12.7 Å². The van der Waals surface area contributed by atoms with Crippen molar-refractivity contribution in [2.45, 2.75) is 13.0 Å². The van der Waals surface area contributed by atoms with Gasteiger partial charge in [-0.3, -0.25) is 9.78 Å². The van der Waals surface area contributed by atoms with E-state index in [4.69, 9.17) is 5.11 Å². The number of aromatic nitrogens is 1. The molecule has 0 saturated heterocycles. The lowest BCUT2D eigenvalue weighted by atomic mass is 10.2. The van der Waals surface area contributed by atoms with Gasteiger partial charge in [0.1, 0.15) is 6.54 Å². The zero-order chi connectivity index (χ0) is 14.3. The molecule has 0 radical (unpaired) electrons. The number of carbonyl (C=O) groups excluding carboxylic acids is 1. The Labute approximate surface area is 111 Å². The van der Waals surface area contributed by atoms with Crippen molar-refractivity contribution >= 4 is 12.0 Å². The maximum absolute atomic E-state index is 11.9. The fraction of sp³-hybridized carbons (Fsp3) is 0.308. The van der Waals surface area contributed by atoms with Crippen LogP contribution in [-0.4, -0.2) is 40.1 Å². The first kappa shape index (κ1) is 14.7. The van der Waals surface area contributed by atoms with Gasteiger partial charge in [-0.15, -0.1) is 6.58 Å². The van der Waals surface area contributed by atoms with Crippen molar-refractivity contribution in [3.8, 4) is 0 Å². The molecule has 2 N–H and O–H groups in total. The molecule has 1 aromatic heterocycles. The summed E-state index contributed by atoms with van der Waals surface area (Å²) in [7, 11) is 0. The van der Waals surface area contributed by atoms with E-state index in [1.807, 2.05) is 6.07 Å². The Bertz CT molecular complexity index is 448. The van der Waals surface area contributed by atoms with Crippen molar-refractivity contribution in [1.29, 1.82) is 0 Å². The van der Waals surface area contributed by atoms with Gasteiger partial charge >= 0.3 is 12.0 Å². The highest BCUT2D eigenvalue weighted by atomic mass is 16.4. The molecule has 1 heterocycles. The smallest absolute Gasteiger partial charge is 0.323 e. The summed E-state index contributed by atoms with van der Waals surface area (Å²) in [4.78, 5) is 27.9. The van der Waals surface area contributed by atoms with E-state index >= 15 is 0 Å². The van der Waals surface area contributed by atoms with Crippen LogP contribution in [0.2, 0.25) is 0 Å². The zero-order valence-corrected chi connectivity index (χ0v) is 10.7. The number of carboxylic acids is 1. The van der Waals surface area contributed by atoms with Gasteiger partial charge in [-0.05, 0) is 19.1 Å². The molecular weight excluding hydrogens is 246 g/mol. The summed E-state index contributed by atoms with van der Waals surface area (Å²) in [5, 5.41) is 11.4. The Morgan fingerprint density at radius 1 is 1.58 bits per heavy atom. The van der Waals surface area contributed by atoms with Crippen LogP contribution in [0.3, 0.4) is 0 Å². The molecule has 0 fully saturated rings. The van der Waals surface area contributed by atoms with Crippen LogP contribution in [0.1, 0.15) is 18.7 Å². The highest BCUT2D eigenvalue weighted by Crippen LogP contribution is 2.08. The summed E-state index contributed by atoms with van der Waals surface area (Å²) in [6.45, 7) is 5.09. The van der Waals surface area contributed by atoms with Crippen LogP contribution in [0.5, 0.6) is 0 Å². The van der Waals surface area contributed by atoms with Crippen LogP contribution >= 0.6 is 0 Å². The quantitative estimate of drug-likeness (QED) is 0.760. The Balaban J connectivity index is 2.65. The Morgan fingerprint density at radius 3 is 2.84 bits per heavy atom. The zero-order valence-electron chi connectivity index (χ0n) is 10.7. The second-order valence-electron chi connectivity index (χ2n) is 3.99.